The molecule has 2 atom stereocenters. The molecule has 2 aliphatic rings. The normalized spacial score (nSPS) is 20.1. The van der Waals surface area contributed by atoms with Gasteiger partial charge in [0.2, 0.25) is 20.0 Å². The zero-order chi connectivity index (χ0) is 30.0. The number of para-hydroxylation sites is 1. The number of hydrogen-bond acceptors (Lipinski definition) is 9. The molecule has 0 bridgehead atoms. The highest BCUT2D eigenvalue weighted by Gasteiger charge is 2.45. The zero-order valence-electron chi connectivity index (χ0n) is 23.6. The molecule has 5 rings (SSSR count). The van der Waals surface area contributed by atoms with E-state index in [9.17, 15) is 21.9 Å². The van der Waals surface area contributed by atoms with E-state index in [4.69, 9.17) is 9.47 Å². The number of nitrogens with one attached hydrogen (secondary N) is 2. The summed E-state index contributed by atoms with van der Waals surface area (Å²) in [7, 11) is -5.96. The summed E-state index contributed by atoms with van der Waals surface area (Å²) in [4.78, 5) is 0.292. The van der Waals surface area contributed by atoms with Gasteiger partial charge in [-0.05, 0) is 57.5 Å². The van der Waals surface area contributed by atoms with E-state index in [1.54, 1.807) is 23.7 Å². The number of aromatic nitrogens is 2. The molecule has 3 aromatic rings. The molecule has 0 radical (unpaired) electrons. The fraction of sp³-hybridized carbons (Fsp3) is 0.464. The number of piperidine rings is 1. The van der Waals surface area contributed by atoms with Crippen molar-refractivity contribution in [3.8, 4) is 11.4 Å². The molecule has 228 valence electrons. The number of benzene rings is 2. The third-order valence-corrected chi connectivity index (χ3v) is 11.3. The fourth-order valence-electron chi connectivity index (χ4n) is 5.48. The van der Waals surface area contributed by atoms with Crippen LogP contribution in [0.1, 0.15) is 25.0 Å². The van der Waals surface area contributed by atoms with Crippen LogP contribution in [0.15, 0.2) is 70.6 Å². The van der Waals surface area contributed by atoms with Gasteiger partial charge in [-0.3, -0.25) is 0 Å². The average molecular weight is 620 g/mol. The quantitative estimate of drug-likeness (QED) is 0.289. The molecule has 1 spiro atoms. The van der Waals surface area contributed by atoms with E-state index in [0.717, 1.165) is 5.69 Å². The van der Waals surface area contributed by atoms with Crippen molar-refractivity contribution in [1.29, 1.82) is 0 Å². The number of aliphatic hydroxyl groups excluding tert-OH is 1. The van der Waals surface area contributed by atoms with Crippen LogP contribution < -0.4 is 14.8 Å². The van der Waals surface area contributed by atoms with Crippen molar-refractivity contribution in [2.24, 2.45) is 0 Å². The van der Waals surface area contributed by atoms with Gasteiger partial charge in [0.05, 0.1) is 34.7 Å². The van der Waals surface area contributed by atoms with Crippen molar-refractivity contribution in [3.05, 3.63) is 66.5 Å². The van der Waals surface area contributed by atoms with Crippen LogP contribution in [-0.2, 0) is 24.8 Å². The molecule has 42 heavy (non-hydrogen) atoms. The SMILES string of the molecule is CNS(=O)(=O)c1cccc(OC[C@@H](O)CN[C@@H]2COC3(CCN(S(=O)(=O)c4cnn(-c5ccccc5)c4C)CC3)C2)c1. The Hall–Kier alpha value is -2.85. The van der Waals surface area contributed by atoms with Crippen molar-refractivity contribution >= 4 is 20.0 Å². The van der Waals surface area contributed by atoms with Gasteiger partial charge in [-0.15, -0.1) is 0 Å². The van der Waals surface area contributed by atoms with E-state index in [2.05, 4.69) is 15.1 Å². The second-order valence-corrected chi connectivity index (χ2v) is 14.5. The third-order valence-electron chi connectivity index (χ3n) is 7.90. The summed E-state index contributed by atoms with van der Waals surface area (Å²) in [5, 5.41) is 18.1. The predicted octanol–water partition coefficient (Wildman–Crippen LogP) is 1.43. The zero-order valence-corrected chi connectivity index (χ0v) is 25.3. The van der Waals surface area contributed by atoms with Crippen LogP contribution in [0.5, 0.6) is 5.75 Å². The standard InChI is InChI=1S/C28H37N5O7S2/c1-21-27(18-31-33(21)23-7-4-3-5-8-23)42(37,38)32-13-11-28(12-14-32)16-22(19-40-28)30-17-24(34)20-39-25-9-6-10-26(15-25)41(35,36)29-2/h3-10,15,18,22,24,29-30,34H,11-14,16-17,19-20H2,1-2H3/t22-,24-/m0/s1. The Morgan fingerprint density at radius 1 is 1.12 bits per heavy atom. The Morgan fingerprint density at radius 2 is 1.86 bits per heavy atom. The molecule has 2 aliphatic heterocycles. The minimum absolute atomic E-state index is 0.0120. The smallest absolute Gasteiger partial charge is 0.246 e. The molecule has 0 saturated carbocycles. The number of hydrogen-bond donors (Lipinski definition) is 3. The van der Waals surface area contributed by atoms with Gasteiger partial charge in [-0.25, -0.2) is 26.2 Å². The summed E-state index contributed by atoms with van der Waals surface area (Å²) < 4.78 is 68.2. The maximum Gasteiger partial charge on any atom is 0.246 e. The van der Waals surface area contributed by atoms with Crippen molar-refractivity contribution < 1.29 is 31.4 Å². The van der Waals surface area contributed by atoms with Crippen LogP contribution in [0.4, 0.5) is 0 Å². The second kappa shape index (κ2) is 12.4. The summed E-state index contributed by atoms with van der Waals surface area (Å²) >= 11 is 0. The molecule has 0 amide bonds. The van der Waals surface area contributed by atoms with Gasteiger partial charge in [-0.1, -0.05) is 24.3 Å². The number of nitrogens with zero attached hydrogens (tertiary/aromatic N) is 3. The number of ether oxygens (including phenoxy) is 2. The Balaban J connectivity index is 1.10. The lowest BCUT2D eigenvalue weighted by molar-refractivity contribution is -0.0312. The van der Waals surface area contributed by atoms with Crippen molar-refractivity contribution in [2.45, 2.75) is 53.7 Å². The largest absolute Gasteiger partial charge is 0.491 e. The Labute approximate surface area is 246 Å². The number of rotatable bonds is 11. The third kappa shape index (κ3) is 6.54. The molecule has 2 saturated heterocycles. The van der Waals surface area contributed by atoms with Gasteiger partial charge >= 0.3 is 0 Å². The Bertz CT molecular complexity index is 1590. The van der Waals surface area contributed by atoms with E-state index in [1.807, 2.05) is 30.3 Å². The molecule has 1 aromatic heterocycles. The van der Waals surface area contributed by atoms with Crippen LogP contribution in [0, 0.1) is 6.92 Å². The minimum atomic E-state index is -3.71. The van der Waals surface area contributed by atoms with Crippen LogP contribution in [0.25, 0.3) is 5.69 Å². The first kappa shape index (κ1) is 30.6. The summed E-state index contributed by atoms with van der Waals surface area (Å²) in [5.74, 6) is 0.345. The van der Waals surface area contributed by atoms with Gasteiger partial charge in [-0.2, -0.15) is 9.40 Å². The first-order valence-electron chi connectivity index (χ1n) is 13.8. The number of aliphatic hydroxyl groups is 1. The second-order valence-electron chi connectivity index (χ2n) is 10.7. The maximum absolute atomic E-state index is 13.5. The van der Waals surface area contributed by atoms with E-state index >= 15 is 0 Å². The molecule has 2 fully saturated rings. The molecule has 0 unspecified atom stereocenters. The van der Waals surface area contributed by atoms with E-state index in [1.165, 1.54) is 29.7 Å². The minimum Gasteiger partial charge on any atom is -0.491 e. The summed E-state index contributed by atoms with van der Waals surface area (Å²) in [6, 6.07) is 15.5. The van der Waals surface area contributed by atoms with Crippen LogP contribution in [0.3, 0.4) is 0 Å². The summed E-state index contributed by atoms with van der Waals surface area (Å²) in [6.07, 6.45) is 2.47. The van der Waals surface area contributed by atoms with Crippen LogP contribution >= 0.6 is 0 Å². The summed E-state index contributed by atoms with van der Waals surface area (Å²) in [5.41, 5.74) is 0.965. The lowest BCUT2D eigenvalue weighted by Crippen LogP contribution is -2.47. The molecule has 14 heteroatoms. The molecular formula is C28H37N5O7S2. The van der Waals surface area contributed by atoms with Gasteiger partial charge in [0.25, 0.3) is 0 Å². The Morgan fingerprint density at radius 3 is 2.57 bits per heavy atom. The first-order valence-corrected chi connectivity index (χ1v) is 16.8. The monoisotopic (exact) mass is 619 g/mol. The lowest BCUT2D eigenvalue weighted by Gasteiger charge is -2.38. The van der Waals surface area contributed by atoms with Crippen LogP contribution in [0.2, 0.25) is 0 Å². The molecular weight excluding hydrogens is 582 g/mol. The average Bonchev–Trinajstić information content (AvgIpc) is 3.59. The van der Waals surface area contributed by atoms with E-state index in [0.29, 0.717) is 50.4 Å². The lowest BCUT2D eigenvalue weighted by atomic mass is 9.88. The maximum atomic E-state index is 13.5. The van der Waals surface area contributed by atoms with Gasteiger partial charge in [0, 0.05) is 31.7 Å². The van der Waals surface area contributed by atoms with E-state index < -0.39 is 31.8 Å². The van der Waals surface area contributed by atoms with Crippen molar-refractivity contribution in [3.63, 3.8) is 0 Å². The Kier molecular flexibility index (Phi) is 9.04. The molecule has 12 nitrogen and oxygen atoms in total. The van der Waals surface area contributed by atoms with Gasteiger partial charge in [0.1, 0.15) is 23.4 Å². The fourth-order valence-corrected chi connectivity index (χ4v) is 7.82. The molecule has 0 aliphatic carbocycles. The summed E-state index contributed by atoms with van der Waals surface area (Å²) in [6.45, 7) is 3.19. The number of sulfonamides is 2. The highest BCUT2D eigenvalue weighted by atomic mass is 32.2. The van der Waals surface area contributed by atoms with Crippen molar-refractivity contribution in [1.82, 2.24) is 24.1 Å². The van der Waals surface area contributed by atoms with Gasteiger partial charge in [0.15, 0.2) is 0 Å². The highest BCUT2D eigenvalue weighted by Crippen LogP contribution is 2.37. The predicted molar refractivity (Wildman–Crippen MR) is 156 cm³/mol. The van der Waals surface area contributed by atoms with Crippen molar-refractivity contribution in [2.75, 3.05) is 39.9 Å². The molecule has 2 aromatic carbocycles. The molecule has 3 N–H and O–H groups in total. The van der Waals surface area contributed by atoms with E-state index in [-0.39, 0.29) is 29.0 Å². The van der Waals surface area contributed by atoms with Crippen LogP contribution in [-0.4, -0.2) is 93.7 Å². The highest BCUT2D eigenvalue weighted by molar-refractivity contribution is 7.89. The molecule has 3 heterocycles. The first-order chi connectivity index (χ1) is 20.0. The van der Waals surface area contributed by atoms with Gasteiger partial charge < -0.3 is 19.9 Å². The topological polar surface area (TPSA) is 152 Å².